The standard InChI is InChI=1S/C16H34N2O/c1-4-10-18-11-6-8-16(12-18)15(3)17-9-5-7-14(2)13-19/h14-17,19H,4-13H2,1-3H3. The highest BCUT2D eigenvalue weighted by molar-refractivity contribution is 4.80. The lowest BCUT2D eigenvalue weighted by Gasteiger charge is -2.36. The summed E-state index contributed by atoms with van der Waals surface area (Å²) >= 11 is 0. The van der Waals surface area contributed by atoms with Crippen LogP contribution in [0.5, 0.6) is 0 Å². The third-order valence-corrected chi connectivity index (χ3v) is 4.44. The van der Waals surface area contributed by atoms with Gasteiger partial charge >= 0.3 is 0 Å². The predicted molar refractivity (Wildman–Crippen MR) is 82.4 cm³/mol. The highest BCUT2D eigenvalue weighted by Crippen LogP contribution is 2.20. The first kappa shape index (κ1) is 16.9. The lowest BCUT2D eigenvalue weighted by atomic mass is 9.91. The molecule has 3 atom stereocenters. The average Bonchev–Trinajstić information content (AvgIpc) is 2.43. The molecule has 0 radical (unpaired) electrons. The Balaban J connectivity index is 2.16. The summed E-state index contributed by atoms with van der Waals surface area (Å²) in [5, 5.41) is 12.7. The second kappa shape index (κ2) is 9.73. The number of nitrogens with one attached hydrogen (secondary N) is 1. The number of likely N-dealkylation sites (tertiary alicyclic amines) is 1. The fourth-order valence-corrected chi connectivity index (χ4v) is 3.06. The Morgan fingerprint density at radius 3 is 2.84 bits per heavy atom. The Kier molecular flexibility index (Phi) is 8.67. The summed E-state index contributed by atoms with van der Waals surface area (Å²) in [6, 6.07) is 0.629. The molecule has 1 saturated heterocycles. The van der Waals surface area contributed by atoms with Gasteiger partial charge in [0, 0.05) is 19.2 Å². The monoisotopic (exact) mass is 270 g/mol. The molecule has 2 N–H and O–H groups in total. The minimum Gasteiger partial charge on any atom is -0.396 e. The zero-order valence-electron chi connectivity index (χ0n) is 13.2. The molecule has 0 aromatic rings. The minimum atomic E-state index is 0.324. The zero-order chi connectivity index (χ0) is 14.1. The summed E-state index contributed by atoms with van der Waals surface area (Å²) in [6.45, 7) is 12.0. The maximum absolute atomic E-state index is 9.00. The molecule has 0 aliphatic carbocycles. The van der Waals surface area contributed by atoms with Crippen molar-refractivity contribution in [1.82, 2.24) is 10.2 Å². The van der Waals surface area contributed by atoms with Gasteiger partial charge in [-0.15, -0.1) is 0 Å². The SMILES string of the molecule is CCCN1CCCC(C(C)NCCCC(C)CO)C1. The topological polar surface area (TPSA) is 35.5 Å². The van der Waals surface area contributed by atoms with Crippen LogP contribution >= 0.6 is 0 Å². The molecule has 3 nitrogen and oxygen atoms in total. The van der Waals surface area contributed by atoms with Crippen LogP contribution in [0.2, 0.25) is 0 Å². The number of aliphatic hydroxyl groups excluding tert-OH is 1. The Labute approximate surface area is 119 Å². The Morgan fingerprint density at radius 2 is 2.16 bits per heavy atom. The summed E-state index contributed by atoms with van der Waals surface area (Å²) in [7, 11) is 0. The molecule has 0 amide bonds. The van der Waals surface area contributed by atoms with E-state index in [1.807, 2.05) is 0 Å². The molecular formula is C16H34N2O. The van der Waals surface area contributed by atoms with Crippen LogP contribution < -0.4 is 5.32 Å². The number of rotatable bonds is 9. The van der Waals surface area contributed by atoms with Gasteiger partial charge in [0.2, 0.25) is 0 Å². The molecule has 0 saturated carbocycles. The number of aliphatic hydroxyl groups is 1. The normalized spacial score (nSPS) is 24.3. The van der Waals surface area contributed by atoms with Crippen molar-refractivity contribution in [1.29, 1.82) is 0 Å². The van der Waals surface area contributed by atoms with Crippen LogP contribution in [0, 0.1) is 11.8 Å². The van der Waals surface area contributed by atoms with Gasteiger partial charge in [0.15, 0.2) is 0 Å². The second-order valence-corrected chi connectivity index (χ2v) is 6.38. The maximum atomic E-state index is 9.00. The summed E-state index contributed by atoms with van der Waals surface area (Å²) < 4.78 is 0. The largest absolute Gasteiger partial charge is 0.396 e. The number of hydrogen-bond acceptors (Lipinski definition) is 3. The van der Waals surface area contributed by atoms with Gasteiger partial charge in [-0.3, -0.25) is 0 Å². The Morgan fingerprint density at radius 1 is 1.37 bits per heavy atom. The van der Waals surface area contributed by atoms with Crippen molar-refractivity contribution in [3.63, 3.8) is 0 Å². The van der Waals surface area contributed by atoms with Crippen molar-refractivity contribution in [2.75, 3.05) is 32.8 Å². The van der Waals surface area contributed by atoms with E-state index in [4.69, 9.17) is 5.11 Å². The highest BCUT2D eigenvalue weighted by atomic mass is 16.3. The van der Waals surface area contributed by atoms with Gasteiger partial charge in [-0.05, 0) is 70.5 Å². The number of nitrogens with zero attached hydrogens (tertiary/aromatic N) is 1. The first-order valence-electron chi connectivity index (χ1n) is 8.24. The lowest BCUT2D eigenvalue weighted by molar-refractivity contribution is 0.150. The van der Waals surface area contributed by atoms with E-state index in [0.717, 1.165) is 18.9 Å². The van der Waals surface area contributed by atoms with Gasteiger partial charge in [0.05, 0.1) is 0 Å². The van der Waals surface area contributed by atoms with Crippen molar-refractivity contribution in [3.8, 4) is 0 Å². The molecule has 0 spiro atoms. The quantitative estimate of drug-likeness (QED) is 0.632. The third kappa shape index (κ3) is 6.73. The smallest absolute Gasteiger partial charge is 0.0456 e. The van der Waals surface area contributed by atoms with Crippen LogP contribution in [0.1, 0.15) is 52.9 Å². The van der Waals surface area contributed by atoms with Gasteiger partial charge in [-0.1, -0.05) is 13.8 Å². The van der Waals surface area contributed by atoms with Crippen LogP contribution in [-0.2, 0) is 0 Å². The van der Waals surface area contributed by atoms with Crippen LogP contribution in [0.15, 0.2) is 0 Å². The molecule has 1 fully saturated rings. The maximum Gasteiger partial charge on any atom is 0.0456 e. The van der Waals surface area contributed by atoms with E-state index in [0.29, 0.717) is 18.6 Å². The molecule has 19 heavy (non-hydrogen) atoms. The van der Waals surface area contributed by atoms with Gasteiger partial charge in [0.1, 0.15) is 0 Å². The molecule has 1 aliphatic heterocycles. The van der Waals surface area contributed by atoms with Gasteiger partial charge in [-0.25, -0.2) is 0 Å². The fourth-order valence-electron chi connectivity index (χ4n) is 3.06. The zero-order valence-corrected chi connectivity index (χ0v) is 13.2. The second-order valence-electron chi connectivity index (χ2n) is 6.38. The molecule has 1 rings (SSSR count). The lowest BCUT2D eigenvalue weighted by Crippen LogP contribution is -2.44. The van der Waals surface area contributed by atoms with E-state index in [1.165, 1.54) is 45.3 Å². The molecule has 3 heteroatoms. The van der Waals surface area contributed by atoms with Crippen molar-refractivity contribution in [2.45, 2.75) is 58.9 Å². The van der Waals surface area contributed by atoms with E-state index in [-0.39, 0.29) is 0 Å². The third-order valence-electron chi connectivity index (χ3n) is 4.44. The summed E-state index contributed by atoms with van der Waals surface area (Å²) in [5.41, 5.74) is 0. The van der Waals surface area contributed by atoms with E-state index in [2.05, 4.69) is 31.0 Å². The van der Waals surface area contributed by atoms with E-state index < -0.39 is 0 Å². The molecule has 1 aliphatic rings. The summed E-state index contributed by atoms with van der Waals surface area (Å²) in [5.74, 6) is 1.27. The van der Waals surface area contributed by atoms with Gasteiger partial charge < -0.3 is 15.3 Å². The average molecular weight is 270 g/mol. The highest BCUT2D eigenvalue weighted by Gasteiger charge is 2.23. The van der Waals surface area contributed by atoms with Crippen molar-refractivity contribution < 1.29 is 5.11 Å². The molecule has 3 unspecified atom stereocenters. The predicted octanol–water partition coefficient (Wildman–Crippen LogP) is 2.50. The number of hydrogen-bond donors (Lipinski definition) is 2. The first-order chi connectivity index (χ1) is 9.17. The van der Waals surface area contributed by atoms with E-state index in [1.54, 1.807) is 0 Å². The summed E-state index contributed by atoms with van der Waals surface area (Å²) in [4.78, 5) is 2.63. The fraction of sp³-hybridized carbons (Fsp3) is 1.00. The van der Waals surface area contributed by atoms with Crippen LogP contribution in [0.3, 0.4) is 0 Å². The summed E-state index contributed by atoms with van der Waals surface area (Å²) in [6.07, 6.45) is 6.31. The van der Waals surface area contributed by atoms with Crippen LogP contribution in [0.4, 0.5) is 0 Å². The van der Waals surface area contributed by atoms with Crippen molar-refractivity contribution >= 4 is 0 Å². The van der Waals surface area contributed by atoms with Crippen molar-refractivity contribution in [3.05, 3.63) is 0 Å². The molecule has 0 aromatic carbocycles. The number of piperidine rings is 1. The Bertz CT molecular complexity index is 221. The van der Waals surface area contributed by atoms with Gasteiger partial charge in [0.25, 0.3) is 0 Å². The van der Waals surface area contributed by atoms with Crippen molar-refractivity contribution in [2.24, 2.45) is 11.8 Å². The van der Waals surface area contributed by atoms with E-state index in [9.17, 15) is 0 Å². The molecule has 114 valence electrons. The van der Waals surface area contributed by atoms with Crippen LogP contribution in [-0.4, -0.2) is 48.8 Å². The van der Waals surface area contributed by atoms with E-state index >= 15 is 0 Å². The molecule has 0 aromatic heterocycles. The Hall–Kier alpha value is -0.120. The molecule has 0 bridgehead atoms. The van der Waals surface area contributed by atoms with Gasteiger partial charge in [-0.2, -0.15) is 0 Å². The molecule has 1 heterocycles. The molecular weight excluding hydrogens is 236 g/mol. The van der Waals surface area contributed by atoms with Crippen LogP contribution in [0.25, 0.3) is 0 Å². The minimum absolute atomic E-state index is 0.324. The first-order valence-corrected chi connectivity index (χ1v) is 8.24.